The minimum atomic E-state index is 0.174. The third kappa shape index (κ3) is 3.48. The molecule has 2 saturated carbocycles. The minimum absolute atomic E-state index is 0.174. The van der Waals surface area contributed by atoms with E-state index in [1.165, 1.54) is 77.0 Å². The van der Waals surface area contributed by atoms with Crippen LogP contribution in [0.15, 0.2) is 0 Å². The Morgan fingerprint density at radius 1 is 0.944 bits per heavy atom. The van der Waals surface area contributed by atoms with E-state index < -0.39 is 0 Å². The molecule has 1 nitrogen and oxygen atoms in total. The second-order valence-corrected chi connectivity index (χ2v) is 6.81. The summed E-state index contributed by atoms with van der Waals surface area (Å²) >= 11 is 0. The van der Waals surface area contributed by atoms with Crippen LogP contribution in [0, 0.1) is 11.8 Å². The van der Waals surface area contributed by atoms with Gasteiger partial charge >= 0.3 is 0 Å². The van der Waals surface area contributed by atoms with Gasteiger partial charge in [-0.2, -0.15) is 0 Å². The van der Waals surface area contributed by atoms with Crippen LogP contribution < -0.4 is 0 Å². The van der Waals surface area contributed by atoms with E-state index in [0.29, 0.717) is 0 Å². The van der Waals surface area contributed by atoms with Crippen LogP contribution in [0.5, 0.6) is 0 Å². The molecule has 2 unspecified atom stereocenters. The molecule has 2 atom stereocenters. The molecular weight excluding hydrogens is 239 g/mol. The second kappa shape index (κ2) is 7.25. The third-order valence-corrected chi connectivity index (χ3v) is 6.01. The Morgan fingerprint density at radius 3 is 2.00 bits per heavy atom. The maximum Gasteiger partial charge on any atom is 0.0746 e. The first-order chi connectivity index (χ1) is 8.80. The van der Waals surface area contributed by atoms with E-state index in [-0.39, 0.29) is 5.60 Å². The molecule has 0 spiro atoms. The molecule has 2 rings (SSSR count). The average molecular weight is 270 g/mol. The molecule has 0 radical (unpaired) electrons. The zero-order valence-electron chi connectivity index (χ0n) is 12.1. The molecule has 0 saturated heterocycles. The highest BCUT2D eigenvalue weighted by Crippen LogP contribution is 2.44. The Labute approximate surface area is 116 Å². The standard InChI is InChI=1S/C16H31OP/c1-2-16(17-18,15-11-7-4-8-12-15)13-14-9-5-3-6-10-14/h14-15H,2-13,18H2,1H3. The Morgan fingerprint density at radius 2 is 1.50 bits per heavy atom. The Bertz CT molecular complexity index is 225. The highest BCUT2D eigenvalue weighted by Gasteiger charge is 2.39. The zero-order valence-corrected chi connectivity index (χ0v) is 13.3. The molecule has 2 heteroatoms. The molecule has 0 N–H and O–H groups in total. The van der Waals surface area contributed by atoms with E-state index in [4.69, 9.17) is 4.52 Å². The summed E-state index contributed by atoms with van der Waals surface area (Å²) in [5.74, 6) is 1.75. The largest absolute Gasteiger partial charge is 0.359 e. The van der Waals surface area contributed by atoms with Gasteiger partial charge < -0.3 is 4.52 Å². The van der Waals surface area contributed by atoms with E-state index in [9.17, 15) is 0 Å². The van der Waals surface area contributed by atoms with Gasteiger partial charge in [-0.15, -0.1) is 0 Å². The quantitative estimate of drug-likeness (QED) is 0.600. The topological polar surface area (TPSA) is 9.23 Å². The highest BCUT2D eigenvalue weighted by molar-refractivity contribution is 7.09. The number of hydrogen-bond donors (Lipinski definition) is 0. The molecule has 18 heavy (non-hydrogen) atoms. The lowest BCUT2D eigenvalue weighted by Crippen LogP contribution is -2.41. The van der Waals surface area contributed by atoms with E-state index in [2.05, 4.69) is 16.4 Å². The lowest BCUT2D eigenvalue weighted by molar-refractivity contribution is -0.0215. The van der Waals surface area contributed by atoms with Gasteiger partial charge in [0, 0.05) is 9.47 Å². The summed E-state index contributed by atoms with van der Waals surface area (Å²) in [5, 5.41) is 0. The maximum absolute atomic E-state index is 6.05. The van der Waals surface area contributed by atoms with Gasteiger partial charge in [-0.1, -0.05) is 58.3 Å². The van der Waals surface area contributed by atoms with E-state index in [0.717, 1.165) is 11.8 Å². The second-order valence-electron chi connectivity index (χ2n) is 6.58. The summed E-state index contributed by atoms with van der Waals surface area (Å²) in [6, 6.07) is 0. The molecule has 106 valence electrons. The Kier molecular flexibility index (Phi) is 5.96. The van der Waals surface area contributed by atoms with Gasteiger partial charge in [0.25, 0.3) is 0 Å². The summed E-state index contributed by atoms with van der Waals surface area (Å²) in [5.41, 5.74) is 0.174. The third-order valence-electron chi connectivity index (χ3n) is 5.54. The zero-order chi connectivity index (χ0) is 12.8. The van der Waals surface area contributed by atoms with Crippen molar-refractivity contribution in [3.63, 3.8) is 0 Å². The van der Waals surface area contributed by atoms with Crippen molar-refractivity contribution < 1.29 is 4.52 Å². The first kappa shape index (κ1) is 14.8. The molecule has 2 aliphatic carbocycles. The lowest BCUT2D eigenvalue weighted by Gasteiger charge is -2.43. The fourth-order valence-corrected chi connectivity index (χ4v) is 4.79. The molecule has 2 fully saturated rings. The lowest BCUT2D eigenvalue weighted by atomic mass is 9.69. The summed E-state index contributed by atoms with van der Waals surface area (Å²) in [7, 11) is 2.61. The van der Waals surface area contributed by atoms with Crippen molar-refractivity contribution in [3.05, 3.63) is 0 Å². The van der Waals surface area contributed by atoms with Gasteiger partial charge in [0.2, 0.25) is 0 Å². The Balaban J connectivity index is 1.99. The van der Waals surface area contributed by atoms with E-state index >= 15 is 0 Å². The first-order valence-corrected chi connectivity index (χ1v) is 8.66. The van der Waals surface area contributed by atoms with Gasteiger partial charge in [0.1, 0.15) is 0 Å². The molecule has 0 aliphatic heterocycles. The van der Waals surface area contributed by atoms with Crippen molar-refractivity contribution in [1.82, 2.24) is 0 Å². The summed E-state index contributed by atoms with van der Waals surface area (Å²) in [6.07, 6.45) is 16.8. The molecule has 0 aromatic rings. The van der Waals surface area contributed by atoms with Crippen molar-refractivity contribution in [2.45, 2.75) is 89.6 Å². The van der Waals surface area contributed by atoms with Gasteiger partial charge in [0.05, 0.1) is 5.60 Å². The first-order valence-electron chi connectivity index (χ1n) is 8.18. The molecule has 0 amide bonds. The summed E-state index contributed by atoms with van der Waals surface area (Å²) < 4.78 is 6.05. The fourth-order valence-electron chi connectivity index (χ4n) is 4.34. The van der Waals surface area contributed by atoms with Crippen molar-refractivity contribution in [1.29, 1.82) is 0 Å². The van der Waals surface area contributed by atoms with E-state index in [1.54, 1.807) is 0 Å². The normalized spacial score (nSPS) is 27.0. The van der Waals surface area contributed by atoms with Crippen LogP contribution in [0.1, 0.15) is 84.0 Å². The Hall–Kier alpha value is 0.390. The van der Waals surface area contributed by atoms with Crippen LogP contribution in [0.4, 0.5) is 0 Å². The molecular formula is C16H31OP. The van der Waals surface area contributed by atoms with Gasteiger partial charge in [-0.05, 0) is 37.5 Å². The van der Waals surface area contributed by atoms with Crippen molar-refractivity contribution in [3.8, 4) is 0 Å². The van der Waals surface area contributed by atoms with Crippen LogP contribution >= 0.6 is 9.47 Å². The maximum atomic E-state index is 6.05. The molecule has 0 heterocycles. The van der Waals surface area contributed by atoms with Crippen molar-refractivity contribution in [2.24, 2.45) is 11.8 Å². The van der Waals surface area contributed by atoms with Crippen molar-refractivity contribution >= 4 is 9.47 Å². The number of rotatable bonds is 5. The monoisotopic (exact) mass is 270 g/mol. The van der Waals surface area contributed by atoms with Crippen LogP contribution in [0.25, 0.3) is 0 Å². The predicted octanol–water partition coefficient (Wildman–Crippen LogP) is 5.49. The predicted molar refractivity (Wildman–Crippen MR) is 81.6 cm³/mol. The number of hydrogen-bond acceptors (Lipinski definition) is 1. The van der Waals surface area contributed by atoms with Gasteiger partial charge in [-0.25, -0.2) is 0 Å². The molecule has 0 bridgehead atoms. The fraction of sp³-hybridized carbons (Fsp3) is 1.00. The van der Waals surface area contributed by atoms with Gasteiger partial charge in [-0.3, -0.25) is 0 Å². The molecule has 0 aromatic carbocycles. The summed E-state index contributed by atoms with van der Waals surface area (Å²) in [4.78, 5) is 0. The SMILES string of the molecule is CCC(CC1CCCCC1)(OP)C1CCCCC1. The van der Waals surface area contributed by atoms with Crippen LogP contribution in [-0.4, -0.2) is 5.60 Å². The highest BCUT2D eigenvalue weighted by atomic mass is 31.0. The van der Waals surface area contributed by atoms with Crippen LogP contribution in [0.2, 0.25) is 0 Å². The molecule has 2 aliphatic rings. The van der Waals surface area contributed by atoms with Crippen LogP contribution in [0.3, 0.4) is 0 Å². The van der Waals surface area contributed by atoms with E-state index in [1.807, 2.05) is 0 Å². The molecule has 0 aromatic heterocycles. The van der Waals surface area contributed by atoms with Gasteiger partial charge in [0.15, 0.2) is 0 Å². The average Bonchev–Trinajstić information content (AvgIpc) is 2.47. The minimum Gasteiger partial charge on any atom is -0.359 e. The smallest absolute Gasteiger partial charge is 0.0746 e. The van der Waals surface area contributed by atoms with Crippen LogP contribution in [-0.2, 0) is 4.52 Å². The summed E-state index contributed by atoms with van der Waals surface area (Å²) in [6.45, 7) is 2.33. The van der Waals surface area contributed by atoms with Crippen molar-refractivity contribution in [2.75, 3.05) is 0 Å².